The van der Waals surface area contributed by atoms with Crippen LogP contribution in [0.3, 0.4) is 0 Å². The van der Waals surface area contributed by atoms with Crippen molar-refractivity contribution in [3.8, 4) is 0 Å². The predicted octanol–water partition coefficient (Wildman–Crippen LogP) is 4.63. The molecule has 6 heteroatoms. The Hall–Kier alpha value is -1.95. The van der Waals surface area contributed by atoms with Crippen LogP contribution in [0.5, 0.6) is 0 Å². The van der Waals surface area contributed by atoms with Gasteiger partial charge in [-0.2, -0.15) is 0 Å². The number of aromatic nitrogens is 2. The van der Waals surface area contributed by atoms with Gasteiger partial charge in [-0.25, -0.2) is 9.97 Å². The lowest BCUT2D eigenvalue weighted by Crippen LogP contribution is -2.20. The Morgan fingerprint density at radius 1 is 1.08 bits per heavy atom. The molecule has 0 atom stereocenters. The number of amides is 1. The Labute approximate surface area is 150 Å². The van der Waals surface area contributed by atoms with Gasteiger partial charge in [-0.1, -0.05) is 37.8 Å². The number of anilines is 2. The summed E-state index contributed by atoms with van der Waals surface area (Å²) in [5.41, 5.74) is 1.08. The molecule has 1 aliphatic carbocycles. The normalized spacial score (nSPS) is 15.5. The predicted molar refractivity (Wildman–Crippen MR) is 99.2 cm³/mol. The van der Waals surface area contributed by atoms with E-state index in [1.807, 2.05) is 24.3 Å². The number of hydrogen-bond donors (Lipinski definition) is 2. The number of carbonyl (C=O) groups excluding carboxylic acids is 1. The van der Waals surface area contributed by atoms with Crippen molar-refractivity contribution in [1.82, 2.24) is 9.97 Å². The topological polar surface area (TPSA) is 66.9 Å². The van der Waals surface area contributed by atoms with Crippen LogP contribution in [0.1, 0.15) is 49.0 Å². The largest absolute Gasteiger partial charge is 0.367 e. The molecule has 0 saturated heterocycles. The van der Waals surface area contributed by atoms with E-state index in [1.165, 1.54) is 32.0 Å². The van der Waals surface area contributed by atoms with Crippen molar-refractivity contribution < 1.29 is 4.79 Å². The molecule has 1 saturated carbocycles. The Morgan fingerprint density at radius 2 is 1.83 bits per heavy atom. The fraction of sp³-hybridized carbons (Fsp3) is 0.389. The molecule has 1 aromatic heterocycles. The lowest BCUT2D eigenvalue weighted by molar-refractivity contribution is 0.102. The van der Waals surface area contributed by atoms with Gasteiger partial charge in [-0.15, -0.1) is 0 Å². The van der Waals surface area contributed by atoms with E-state index < -0.39 is 0 Å². The molecule has 1 aromatic carbocycles. The molecule has 0 spiro atoms. The lowest BCUT2D eigenvalue weighted by atomic mass is 10.1. The highest BCUT2D eigenvalue weighted by atomic mass is 79.9. The van der Waals surface area contributed by atoms with E-state index in [-0.39, 0.29) is 5.91 Å². The summed E-state index contributed by atoms with van der Waals surface area (Å²) in [5.74, 6) is 0.474. The molecule has 3 rings (SSSR count). The third-order valence-corrected chi connectivity index (χ3v) is 4.92. The van der Waals surface area contributed by atoms with Crippen LogP contribution >= 0.6 is 15.9 Å². The Bertz CT molecular complexity index is 699. The minimum absolute atomic E-state index is 0.242. The summed E-state index contributed by atoms with van der Waals surface area (Å²) in [6.07, 6.45) is 8.86. The third-order valence-electron chi connectivity index (χ3n) is 4.23. The molecule has 0 aliphatic heterocycles. The SMILES string of the molecule is O=C(Nc1ccccc1Br)c1cc(NC2CCCCCC2)ncn1. The second kappa shape index (κ2) is 8.24. The number of carbonyl (C=O) groups is 1. The average Bonchev–Trinajstić information content (AvgIpc) is 2.86. The van der Waals surface area contributed by atoms with Crippen molar-refractivity contribution in [1.29, 1.82) is 0 Å². The first-order valence-corrected chi connectivity index (χ1v) is 9.16. The van der Waals surface area contributed by atoms with Gasteiger partial charge in [-0.05, 0) is 40.9 Å². The first kappa shape index (κ1) is 16.9. The van der Waals surface area contributed by atoms with Crippen LogP contribution in [0.25, 0.3) is 0 Å². The van der Waals surface area contributed by atoms with E-state index in [2.05, 4.69) is 36.5 Å². The molecule has 1 fully saturated rings. The van der Waals surface area contributed by atoms with E-state index in [4.69, 9.17) is 0 Å². The van der Waals surface area contributed by atoms with Gasteiger partial charge in [0.2, 0.25) is 0 Å². The second-order valence-electron chi connectivity index (χ2n) is 6.06. The number of para-hydroxylation sites is 1. The number of benzene rings is 1. The summed E-state index contributed by atoms with van der Waals surface area (Å²) >= 11 is 3.43. The molecule has 1 aliphatic rings. The Kier molecular flexibility index (Phi) is 5.80. The molecule has 1 amide bonds. The highest BCUT2D eigenvalue weighted by Gasteiger charge is 2.15. The molecule has 0 bridgehead atoms. The van der Waals surface area contributed by atoms with Crippen molar-refractivity contribution >= 4 is 33.3 Å². The van der Waals surface area contributed by atoms with Crippen molar-refractivity contribution in [2.24, 2.45) is 0 Å². The van der Waals surface area contributed by atoms with Crippen LogP contribution in [0.4, 0.5) is 11.5 Å². The summed E-state index contributed by atoms with van der Waals surface area (Å²) in [6.45, 7) is 0. The number of rotatable bonds is 4. The van der Waals surface area contributed by atoms with E-state index in [0.717, 1.165) is 23.0 Å². The van der Waals surface area contributed by atoms with Crippen molar-refractivity contribution in [2.75, 3.05) is 10.6 Å². The standard InChI is InChI=1S/C18H21BrN4O/c19-14-9-5-6-10-15(14)23-18(24)16-11-17(21-12-20-16)22-13-7-3-1-2-4-8-13/h5-6,9-13H,1-4,7-8H2,(H,23,24)(H,20,21,22). The van der Waals surface area contributed by atoms with Gasteiger partial charge >= 0.3 is 0 Å². The summed E-state index contributed by atoms with van der Waals surface area (Å²) in [5, 5.41) is 6.31. The first-order valence-electron chi connectivity index (χ1n) is 8.37. The van der Waals surface area contributed by atoms with Crippen molar-refractivity contribution in [3.63, 3.8) is 0 Å². The van der Waals surface area contributed by atoms with Gasteiger partial charge in [0.15, 0.2) is 0 Å². The number of halogens is 1. The molecule has 24 heavy (non-hydrogen) atoms. The van der Waals surface area contributed by atoms with Crippen LogP contribution < -0.4 is 10.6 Å². The molecular formula is C18H21BrN4O. The van der Waals surface area contributed by atoms with Crippen LogP contribution in [0.2, 0.25) is 0 Å². The maximum atomic E-state index is 12.4. The maximum Gasteiger partial charge on any atom is 0.274 e. The van der Waals surface area contributed by atoms with Crippen LogP contribution in [-0.2, 0) is 0 Å². The van der Waals surface area contributed by atoms with Crippen LogP contribution in [0.15, 0.2) is 41.1 Å². The highest BCUT2D eigenvalue weighted by Crippen LogP contribution is 2.23. The lowest BCUT2D eigenvalue weighted by Gasteiger charge is -2.17. The van der Waals surface area contributed by atoms with Gasteiger partial charge in [0.25, 0.3) is 5.91 Å². The van der Waals surface area contributed by atoms with Gasteiger partial charge in [0, 0.05) is 16.6 Å². The quantitative estimate of drug-likeness (QED) is 0.749. The van der Waals surface area contributed by atoms with Crippen molar-refractivity contribution in [2.45, 2.75) is 44.6 Å². The molecule has 0 radical (unpaired) electrons. The maximum absolute atomic E-state index is 12.4. The van der Waals surface area contributed by atoms with Gasteiger partial charge in [0.05, 0.1) is 5.69 Å². The second-order valence-corrected chi connectivity index (χ2v) is 6.91. The molecule has 2 N–H and O–H groups in total. The summed E-state index contributed by atoms with van der Waals surface area (Å²) in [6, 6.07) is 9.65. The van der Waals surface area contributed by atoms with Crippen LogP contribution in [-0.4, -0.2) is 21.9 Å². The fourth-order valence-corrected chi connectivity index (χ4v) is 3.33. The monoisotopic (exact) mass is 388 g/mol. The molecular weight excluding hydrogens is 368 g/mol. The van der Waals surface area contributed by atoms with Crippen LogP contribution in [0, 0.1) is 0 Å². The van der Waals surface area contributed by atoms with Gasteiger partial charge in [0.1, 0.15) is 17.8 Å². The number of nitrogens with zero attached hydrogens (tertiary/aromatic N) is 2. The van der Waals surface area contributed by atoms with Crippen molar-refractivity contribution in [3.05, 3.63) is 46.8 Å². The zero-order valence-corrected chi connectivity index (χ0v) is 15.1. The molecule has 1 heterocycles. The smallest absolute Gasteiger partial charge is 0.274 e. The number of hydrogen-bond acceptors (Lipinski definition) is 4. The Morgan fingerprint density at radius 3 is 2.58 bits per heavy atom. The summed E-state index contributed by atoms with van der Waals surface area (Å²) < 4.78 is 0.837. The third kappa shape index (κ3) is 4.54. The van der Waals surface area contributed by atoms with E-state index in [9.17, 15) is 4.79 Å². The average molecular weight is 389 g/mol. The Balaban J connectivity index is 1.68. The summed E-state index contributed by atoms with van der Waals surface area (Å²) in [7, 11) is 0. The van der Waals surface area contributed by atoms with Gasteiger partial charge in [-0.3, -0.25) is 4.79 Å². The van der Waals surface area contributed by atoms with Gasteiger partial charge < -0.3 is 10.6 Å². The fourth-order valence-electron chi connectivity index (χ4n) is 2.94. The zero-order chi connectivity index (χ0) is 16.8. The summed E-state index contributed by atoms with van der Waals surface area (Å²) in [4.78, 5) is 20.8. The zero-order valence-electron chi connectivity index (χ0n) is 13.5. The first-order chi connectivity index (χ1) is 11.7. The minimum Gasteiger partial charge on any atom is -0.367 e. The minimum atomic E-state index is -0.242. The van der Waals surface area contributed by atoms with E-state index >= 15 is 0 Å². The molecule has 2 aromatic rings. The molecule has 0 unspecified atom stereocenters. The molecule has 5 nitrogen and oxygen atoms in total. The number of nitrogens with one attached hydrogen (secondary N) is 2. The molecule has 126 valence electrons. The van der Waals surface area contributed by atoms with E-state index in [0.29, 0.717) is 17.6 Å². The van der Waals surface area contributed by atoms with E-state index in [1.54, 1.807) is 6.07 Å². The highest BCUT2D eigenvalue weighted by molar-refractivity contribution is 9.10.